The average molecular weight is 268 g/mol. The smallest absolute Gasteiger partial charge is 0.232 e. The fourth-order valence-electron chi connectivity index (χ4n) is 1.90. The highest BCUT2D eigenvalue weighted by molar-refractivity contribution is 7.92. The van der Waals surface area contributed by atoms with Crippen molar-refractivity contribution in [2.75, 3.05) is 16.2 Å². The first-order valence-electron chi connectivity index (χ1n) is 6.24. The van der Waals surface area contributed by atoms with Crippen LogP contribution >= 0.6 is 0 Å². The molecule has 2 rings (SSSR count). The summed E-state index contributed by atoms with van der Waals surface area (Å²) in [5.74, 6) is 0.830. The van der Waals surface area contributed by atoms with Gasteiger partial charge in [0.25, 0.3) is 0 Å². The Labute approximate surface area is 109 Å². The molecule has 4 nitrogen and oxygen atoms in total. The molecular weight excluding hydrogens is 248 g/mol. The van der Waals surface area contributed by atoms with Gasteiger partial charge in [-0.15, -0.1) is 0 Å². The van der Waals surface area contributed by atoms with Gasteiger partial charge in [0.2, 0.25) is 10.0 Å². The lowest BCUT2D eigenvalue weighted by atomic mass is 10.1. The van der Waals surface area contributed by atoms with Crippen molar-refractivity contribution in [3.63, 3.8) is 0 Å². The molecule has 18 heavy (non-hydrogen) atoms. The predicted molar refractivity (Wildman–Crippen MR) is 75.1 cm³/mol. The van der Waals surface area contributed by atoms with Gasteiger partial charge in [-0.3, -0.25) is 4.72 Å². The van der Waals surface area contributed by atoms with E-state index in [2.05, 4.69) is 4.72 Å². The molecule has 0 amide bonds. The number of sulfonamides is 1. The Balaban J connectivity index is 2.09. The normalized spacial score (nSPS) is 15.7. The Morgan fingerprint density at radius 1 is 1.28 bits per heavy atom. The third kappa shape index (κ3) is 3.38. The van der Waals surface area contributed by atoms with Crippen molar-refractivity contribution in [3.8, 4) is 0 Å². The first kappa shape index (κ1) is 13.2. The van der Waals surface area contributed by atoms with Crippen LogP contribution in [0.5, 0.6) is 0 Å². The van der Waals surface area contributed by atoms with E-state index in [1.165, 1.54) is 12.8 Å². The minimum Gasteiger partial charge on any atom is -0.399 e. The third-order valence-corrected chi connectivity index (χ3v) is 4.67. The number of hydrogen-bond acceptors (Lipinski definition) is 3. The molecule has 0 spiro atoms. The highest BCUT2D eigenvalue weighted by Gasteiger charge is 2.24. The van der Waals surface area contributed by atoms with Crippen molar-refractivity contribution >= 4 is 21.4 Å². The highest BCUT2D eigenvalue weighted by Crippen LogP contribution is 2.33. The Bertz CT molecular complexity index is 548. The summed E-state index contributed by atoms with van der Waals surface area (Å²) in [7, 11) is -3.23. The number of benzene rings is 1. The van der Waals surface area contributed by atoms with E-state index in [9.17, 15) is 8.42 Å². The van der Waals surface area contributed by atoms with Crippen molar-refractivity contribution in [2.45, 2.75) is 33.1 Å². The second kappa shape index (κ2) is 4.80. The summed E-state index contributed by atoms with van der Waals surface area (Å²) < 4.78 is 26.5. The van der Waals surface area contributed by atoms with Crippen LogP contribution in [0.15, 0.2) is 12.1 Å². The lowest BCUT2D eigenvalue weighted by Gasteiger charge is -2.12. The zero-order chi connectivity index (χ0) is 13.3. The molecule has 100 valence electrons. The molecule has 1 aromatic carbocycles. The van der Waals surface area contributed by atoms with Crippen molar-refractivity contribution in [3.05, 3.63) is 23.3 Å². The standard InChI is InChI=1S/C13H20N2O2S/c1-9-8-13(10(2)7-12(9)14)15-18(16,17)6-5-11-3-4-11/h7-8,11,15H,3-6,14H2,1-2H3. The molecule has 1 aromatic rings. The zero-order valence-electron chi connectivity index (χ0n) is 10.9. The number of nitrogen functional groups attached to an aromatic ring is 1. The van der Waals surface area contributed by atoms with E-state index in [0.29, 0.717) is 17.3 Å². The lowest BCUT2D eigenvalue weighted by Crippen LogP contribution is -2.18. The van der Waals surface area contributed by atoms with Gasteiger partial charge in [0.1, 0.15) is 0 Å². The Morgan fingerprint density at radius 3 is 2.56 bits per heavy atom. The summed E-state index contributed by atoms with van der Waals surface area (Å²) in [5, 5.41) is 0. The van der Waals surface area contributed by atoms with Gasteiger partial charge in [-0.1, -0.05) is 12.8 Å². The molecule has 0 bridgehead atoms. The monoisotopic (exact) mass is 268 g/mol. The molecule has 1 fully saturated rings. The molecular formula is C13H20N2O2S. The van der Waals surface area contributed by atoms with E-state index in [4.69, 9.17) is 5.73 Å². The van der Waals surface area contributed by atoms with Crippen LogP contribution in [-0.4, -0.2) is 14.2 Å². The molecule has 0 aliphatic heterocycles. The summed E-state index contributed by atoms with van der Waals surface area (Å²) >= 11 is 0. The number of nitrogens with one attached hydrogen (secondary N) is 1. The van der Waals surface area contributed by atoms with Crippen molar-refractivity contribution in [1.82, 2.24) is 0 Å². The Kier molecular flexibility index (Phi) is 3.52. The summed E-state index contributed by atoms with van der Waals surface area (Å²) in [5.41, 5.74) is 8.85. The van der Waals surface area contributed by atoms with Gasteiger partial charge in [0.05, 0.1) is 11.4 Å². The van der Waals surface area contributed by atoms with Gasteiger partial charge in [-0.25, -0.2) is 8.42 Å². The number of hydrogen-bond donors (Lipinski definition) is 2. The van der Waals surface area contributed by atoms with Gasteiger partial charge >= 0.3 is 0 Å². The molecule has 0 atom stereocenters. The van der Waals surface area contributed by atoms with Crippen LogP contribution in [0.1, 0.15) is 30.4 Å². The number of aryl methyl sites for hydroxylation is 2. The zero-order valence-corrected chi connectivity index (χ0v) is 11.7. The first-order chi connectivity index (χ1) is 8.37. The van der Waals surface area contributed by atoms with Crippen LogP contribution in [0.25, 0.3) is 0 Å². The van der Waals surface area contributed by atoms with Crippen LogP contribution in [0, 0.1) is 19.8 Å². The van der Waals surface area contributed by atoms with E-state index in [-0.39, 0.29) is 5.75 Å². The molecule has 0 heterocycles. The maximum absolute atomic E-state index is 11.9. The van der Waals surface area contributed by atoms with E-state index < -0.39 is 10.0 Å². The second-order valence-corrected chi connectivity index (χ2v) is 7.02. The molecule has 0 unspecified atom stereocenters. The SMILES string of the molecule is Cc1cc(NS(=O)(=O)CCC2CC2)c(C)cc1N. The van der Waals surface area contributed by atoms with E-state index in [0.717, 1.165) is 17.5 Å². The van der Waals surface area contributed by atoms with Gasteiger partial charge in [-0.2, -0.15) is 0 Å². The number of nitrogens with two attached hydrogens (primary N) is 1. The maximum atomic E-state index is 11.9. The summed E-state index contributed by atoms with van der Waals surface area (Å²) in [6, 6.07) is 3.59. The van der Waals surface area contributed by atoms with Crippen molar-refractivity contribution in [2.24, 2.45) is 5.92 Å². The highest BCUT2D eigenvalue weighted by atomic mass is 32.2. The van der Waals surface area contributed by atoms with Crippen LogP contribution in [0.3, 0.4) is 0 Å². The fourth-order valence-corrected chi connectivity index (χ4v) is 3.20. The molecule has 0 aromatic heterocycles. The third-order valence-electron chi connectivity index (χ3n) is 3.37. The molecule has 0 saturated heterocycles. The van der Waals surface area contributed by atoms with Gasteiger partial charge in [0, 0.05) is 5.69 Å². The number of anilines is 2. The van der Waals surface area contributed by atoms with Gasteiger partial charge in [-0.05, 0) is 49.4 Å². The van der Waals surface area contributed by atoms with Gasteiger partial charge < -0.3 is 5.73 Å². The van der Waals surface area contributed by atoms with Crippen LogP contribution in [-0.2, 0) is 10.0 Å². The largest absolute Gasteiger partial charge is 0.399 e. The first-order valence-corrected chi connectivity index (χ1v) is 7.90. The van der Waals surface area contributed by atoms with Gasteiger partial charge in [0.15, 0.2) is 0 Å². The van der Waals surface area contributed by atoms with E-state index >= 15 is 0 Å². The average Bonchev–Trinajstić information content (AvgIpc) is 3.07. The predicted octanol–water partition coefficient (Wildman–Crippen LogP) is 2.43. The molecule has 5 heteroatoms. The summed E-state index contributed by atoms with van der Waals surface area (Å²) in [6.07, 6.45) is 3.12. The Hall–Kier alpha value is -1.23. The number of rotatable bonds is 5. The minimum absolute atomic E-state index is 0.209. The van der Waals surface area contributed by atoms with E-state index in [1.54, 1.807) is 12.1 Å². The quantitative estimate of drug-likeness (QED) is 0.806. The van der Waals surface area contributed by atoms with Crippen LogP contribution in [0.4, 0.5) is 11.4 Å². The van der Waals surface area contributed by atoms with Crippen LogP contribution in [0.2, 0.25) is 0 Å². The topological polar surface area (TPSA) is 72.2 Å². The molecule has 3 N–H and O–H groups in total. The minimum atomic E-state index is -3.23. The molecule has 1 aliphatic rings. The van der Waals surface area contributed by atoms with Crippen LogP contribution < -0.4 is 10.5 Å². The summed E-state index contributed by atoms with van der Waals surface area (Å²) in [4.78, 5) is 0. The summed E-state index contributed by atoms with van der Waals surface area (Å²) in [6.45, 7) is 3.73. The molecule has 0 radical (unpaired) electrons. The van der Waals surface area contributed by atoms with Crippen molar-refractivity contribution < 1.29 is 8.42 Å². The van der Waals surface area contributed by atoms with E-state index in [1.807, 2.05) is 13.8 Å². The Morgan fingerprint density at radius 2 is 1.94 bits per heavy atom. The fraction of sp³-hybridized carbons (Fsp3) is 0.538. The van der Waals surface area contributed by atoms with Crippen molar-refractivity contribution in [1.29, 1.82) is 0 Å². The maximum Gasteiger partial charge on any atom is 0.232 e. The lowest BCUT2D eigenvalue weighted by molar-refractivity contribution is 0.595. The molecule has 1 aliphatic carbocycles. The second-order valence-electron chi connectivity index (χ2n) is 5.18. The molecule has 1 saturated carbocycles.